The molecule has 0 unspecified atom stereocenters. The average Bonchev–Trinajstić information content (AvgIpc) is 2.59. The van der Waals surface area contributed by atoms with Crippen molar-refractivity contribution in [2.24, 2.45) is 0 Å². The maximum Gasteiger partial charge on any atom is 0.349 e. The van der Waals surface area contributed by atoms with Gasteiger partial charge in [0.25, 0.3) is 0 Å². The minimum Gasteiger partial charge on any atom is -0.489 e. The molecule has 1 heterocycles. The number of aryl methyl sites for hydroxylation is 1. The SMILES string of the molecule is Cc1cc(OCCOCCO)c(C(=O)O)s1. The van der Waals surface area contributed by atoms with Crippen LogP contribution >= 0.6 is 11.3 Å². The van der Waals surface area contributed by atoms with Crippen LogP contribution in [0.25, 0.3) is 0 Å². The third kappa shape index (κ3) is 3.80. The number of aromatic carboxylic acids is 1. The van der Waals surface area contributed by atoms with Crippen LogP contribution in [0.1, 0.15) is 14.5 Å². The van der Waals surface area contributed by atoms with E-state index in [1.165, 1.54) is 11.3 Å². The largest absolute Gasteiger partial charge is 0.489 e. The van der Waals surface area contributed by atoms with Crippen molar-refractivity contribution in [3.63, 3.8) is 0 Å². The predicted octanol–water partition coefficient (Wildman–Crippen LogP) is 1.14. The number of carbonyl (C=O) groups is 1. The van der Waals surface area contributed by atoms with E-state index in [0.29, 0.717) is 12.4 Å². The Labute approximate surface area is 97.2 Å². The van der Waals surface area contributed by atoms with Gasteiger partial charge in [-0.1, -0.05) is 0 Å². The lowest BCUT2D eigenvalue weighted by atomic mass is 10.4. The molecule has 1 aromatic rings. The van der Waals surface area contributed by atoms with E-state index in [1.54, 1.807) is 6.07 Å². The number of thiophene rings is 1. The van der Waals surface area contributed by atoms with Gasteiger partial charge in [0.05, 0.1) is 19.8 Å². The zero-order chi connectivity index (χ0) is 12.0. The van der Waals surface area contributed by atoms with Gasteiger partial charge in [0, 0.05) is 4.88 Å². The van der Waals surface area contributed by atoms with Crippen LogP contribution in [0.2, 0.25) is 0 Å². The maximum absolute atomic E-state index is 10.8. The van der Waals surface area contributed by atoms with Gasteiger partial charge in [-0.2, -0.15) is 0 Å². The fourth-order valence-electron chi connectivity index (χ4n) is 1.12. The van der Waals surface area contributed by atoms with Crippen LogP contribution in [-0.4, -0.2) is 42.6 Å². The van der Waals surface area contributed by atoms with E-state index >= 15 is 0 Å². The van der Waals surface area contributed by atoms with E-state index in [-0.39, 0.29) is 24.7 Å². The Kier molecular flexibility index (Phi) is 5.24. The third-order valence-corrected chi connectivity index (χ3v) is 2.76. The van der Waals surface area contributed by atoms with Crippen LogP contribution < -0.4 is 4.74 Å². The maximum atomic E-state index is 10.8. The molecule has 0 fully saturated rings. The number of carboxylic acid groups (broad SMARTS) is 1. The molecular weight excluding hydrogens is 232 g/mol. The van der Waals surface area contributed by atoms with Gasteiger partial charge in [-0.15, -0.1) is 11.3 Å². The molecule has 16 heavy (non-hydrogen) atoms. The molecule has 0 aliphatic carbocycles. The van der Waals surface area contributed by atoms with Crippen molar-refractivity contribution < 1.29 is 24.5 Å². The Bertz CT molecular complexity index is 347. The summed E-state index contributed by atoms with van der Waals surface area (Å²) in [5.74, 6) is -0.605. The molecule has 0 radical (unpaired) electrons. The van der Waals surface area contributed by atoms with Crippen LogP contribution in [0.15, 0.2) is 6.07 Å². The molecule has 6 heteroatoms. The van der Waals surface area contributed by atoms with Crippen molar-refractivity contribution in [1.29, 1.82) is 0 Å². The van der Waals surface area contributed by atoms with Gasteiger partial charge < -0.3 is 19.7 Å². The minimum absolute atomic E-state index is 0.0298. The average molecular weight is 246 g/mol. The monoisotopic (exact) mass is 246 g/mol. The zero-order valence-corrected chi connectivity index (χ0v) is 9.75. The van der Waals surface area contributed by atoms with Gasteiger partial charge >= 0.3 is 5.97 Å². The summed E-state index contributed by atoms with van der Waals surface area (Å²) in [7, 11) is 0. The van der Waals surface area contributed by atoms with Crippen LogP contribution in [0.5, 0.6) is 5.75 Å². The highest BCUT2D eigenvalue weighted by atomic mass is 32.1. The van der Waals surface area contributed by atoms with Crippen molar-refractivity contribution in [3.8, 4) is 5.75 Å². The number of aliphatic hydroxyl groups excluding tert-OH is 1. The van der Waals surface area contributed by atoms with Crippen LogP contribution in [0.3, 0.4) is 0 Å². The number of hydrogen-bond acceptors (Lipinski definition) is 5. The molecule has 1 rings (SSSR count). The van der Waals surface area contributed by atoms with E-state index in [1.807, 2.05) is 6.92 Å². The highest BCUT2D eigenvalue weighted by Crippen LogP contribution is 2.28. The van der Waals surface area contributed by atoms with Crippen molar-refractivity contribution >= 4 is 17.3 Å². The van der Waals surface area contributed by atoms with Gasteiger partial charge in [0.15, 0.2) is 4.88 Å². The first-order valence-electron chi connectivity index (χ1n) is 4.80. The molecule has 90 valence electrons. The van der Waals surface area contributed by atoms with E-state index in [0.717, 1.165) is 4.88 Å². The van der Waals surface area contributed by atoms with Crippen molar-refractivity contribution in [3.05, 3.63) is 15.8 Å². The van der Waals surface area contributed by atoms with Gasteiger partial charge in [0.2, 0.25) is 0 Å². The Morgan fingerprint density at radius 3 is 2.81 bits per heavy atom. The second kappa shape index (κ2) is 6.47. The molecule has 0 amide bonds. The lowest BCUT2D eigenvalue weighted by Gasteiger charge is -2.05. The number of rotatable bonds is 7. The van der Waals surface area contributed by atoms with Crippen molar-refractivity contribution in [2.75, 3.05) is 26.4 Å². The van der Waals surface area contributed by atoms with Crippen molar-refractivity contribution in [2.45, 2.75) is 6.92 Å². The molecule has 0 aliphatic rings. The molecule has 0 aromatic carbocycles. The fourth-order valence-corrected chi connectivity index (χ4v) is 1.92. The number of hydrogen-bond donors (Lipinski definition) is 2. The third-order valence-electron chi connectivity index (χ3n) is 1.74. The molecule has 2 N–H and O–H groups in total. The smallest absolute Gasteiger partial charge is 0.349 e. The number of aliphatic hydroxyl groups is 1. The lowest BCUT2D eigenvalue weighted by Crippen LogP contribution is -2.10. The first-order valence-corrected chi connectivity index (χ1v) is 5.62. The fraction of sp³-hybridized carbons (Fsp3) is 0.500. The van der Waals surface area contributed by atoms with Gasteiger partial charge in [-0.3, -0.25) is 0 Å². The first-order chi connectivity index (χ1) is 7.65. The van der Waals surface area contributed by atoms with E-state index in [4.69, 9.17) is 19.7 Å². The molecule has 0 atom stereocenters. The second-order valence-electron chi connectivity index (χ2n) is 3.04. The highest BCUT2D eigenvalue weighted by molar-refractivity contribution is 7.14. The highest BCUT2D eigenvalue weighted by Gasteiger charge is 2.14. The number of carboxylic acids is 1. The quantitative estimate of drug-likeness (QED) is 0.706. The summed E-state index contributed by atoms with van der Waals surface area (Å²) in [4.78, 5) is 11.9. The standard InChI is InChI=1S/C10H14O5S/c1-7-6-8(9(16-7)10(12)13)15-5-4-14-3-2-11/h6,11H,2-5H2,1H3,(H,12,13). The number of ether oxygens (including phenoxy) is 2. The van der Waals surface area contributed by atoms with Crippen LogP contribution in [-0.2, 0) is 4.74 Å². The molecule has 0 bridgehead atoms. The summed E-state index contributed by atoms with van der Waals surface area (Å²) in [6.45, 7) is 2.66. The van der Waals surface area contributed by atoms with Gasteiger partial charge in [0.1, 0.15) is 12.4 Å². The molecule has 0 saturated carbocycles. The Balaban J connectivity index is 2.44. The first kappa shape index (κ1) is 13.0. The second-order valence-corrected chi connectivity index (χ2v) is 4.30. The minimum atomic E-state index is -0.982. The predicted molar refractivity (Wildman–Crippen MR) is 59.4 cm³/mol. The molecule has 5 nitrogen and oxygen atoms in total. The summed E-state index contributed by atoms with van der Waals surface area (Å²) in [5.41, 5.74) is 0. The van der Waals surface area contributed by atoms with Crippen molar-refractivity contribution in [1.82, 2.24) is 0 Å². The molecular formula is C10H14O5S. The molecule has 0 saturated heterocycles. The van der Waals surface area contributed by atoms with E-state index < -0.39 is 5.97 Å². The van der Waals surface area contributed by atoms with Crippen LogP contribution in [0.4, 0.5) is 0 Å². The topological polar surface area (TPSA) is 76.0 Å². The molecule has 0 spiro atoms. The lowest BCUT2D eigenvalue weighted by molar-refractivity contribution is 0.0662. The van der Waals surface area contributed by atoms with Gasteiger partial charge in [-0.05, 0) is 13.0 Å². The normalized spacial score (nSPS) is 10.4. The Morgan fingerprint density at radius 2 is 2.19 bits per heavy atom. The summed E-state index contributed by atoms with van der Waals surface area (Å²) in [6.07, 6.45) is 0. The summed E-state index contributed by atoms with van der Waals surface area (Å²) in [6, 6.07) is 1.69. The Morgan fingerprint density at radius 1 is 1.44 bits per heavy atom. The summed E-state index contributed by atoms with van der Waals surface area (Å²) < 4.78 is 10.3. The molecule has 0 aliphatic heterocycles. The van der Waals surface area contributed by atoms with Crippen LogP contribution in [0, 0.1) is 6.92 Å². The van der Waals surface area contributed by atoms with Gasteiger partial charge in [-0.25, -0.2) is 4.79 Å². The molecule has 1 aromatic heterocycles. The summed E-state index contributed by atoms with van der Waals surface area (Å²) in [5, 5.41) is 17.3. The Hall–Kier alpha value is -1.11. The zero-order valence-electron chi connectivity index (χ0n) is 8.93. The van der Waals surface area contributed by atoms with E-state index in [2.05, 4.69) is 0 Å². The summed E-state index contributed by atoms with van der Waals surface area (Å²) >= 11 is 1.19. The van der Waals surface area contributed by atoms with E-state index in [9.17, 15) is 4.79 Å².